The molecule has 0 spiro atoms. The second kappa shape index (κ2) is 9.05. The molecule has 0 bridgehead atoms. The molecular formula is C22H20N2O6S. The zero-order valence-electron chi connectivity index (χ0n) is 16.9. The number of nitrogens with zero attached hydrogens (tertiary/aromatic N) is 1. The number of ether oxygens (including phenoxy) is 4. The molecule has 0 saturated carbocycles. The average Bonchev–Trinajstić information content (AvgIpc) is 3.40. The lowest BCUT2D eigenvalue weighted by atomic mass is 10.2. The summed E-state index contributed by atoms with van der Waals surface area (Å²) >= 11 is 1.53. The number of nitrogens with one attached hydrogen (secondary N) is 1. The molecule has 0 radical (unpaired) electrons. The van der Waals surface area contributed by atoms with Crippen LogP contribution in [0.2, 0.25) is 0 Å². The van der Waals surface area contributed by atoms with Crippen molar-refractivity contribution < 1.29 is 28.5 Å². The van der Waals surface area contributed by atoms with Gasteiger partial charge in [-0.25, -0.2) is 9.78 Å². The third-order valence-electron chi connectivity index (χ3n) is 4.44. The largest absolute Gasteiger partial charge is 0.486 e. The molecule has 1 unspecified atom stereocenters. The molecule has 0 aliphatic carbocycles. The Morgan fingerprint density at radius 3 is 2.81 bits per heavy atom. The lowest BCUT2D eigenvalue weighted by molar-refractivity contribution is -0.123. The third-order valence-corrected chi connectivity index (χ3v) is 5.26. The number of benzene rings is 2. The number of para-hydroxylation sites is 1. The summed E-state index contributed by atoms with van der Waals surface area (Å²) in [6.45, 7) is 3.79. The first-order chi connectivity index (χ1) is 15.0. The van der Waals surface area contributed by atoms with Crippen molar-refractivity contribution in [2.24, 2.45) is 0 Å². The van der Waals surface area contributed by atoms with Crippen LogP contribution >= 0.6 is 11.3 Å². The summed E-state index contributed by atoms with van der Waals surface area (Å²) in [4.78, 5) is 29.5. The molecule has 3 aromatic rings. The minimum atomic E-state index is -1.02. The maximum atomic E-state index is 12.7. The molecule has 4 rings (SSSR count). The van der Waals surface area contributed by atoms with E-state index in [1.54, 1.807) is 42.5 Å². The van der Waals surface area contributed by atoms with Crippen LogP contribution in [0.3, 0.4) is 0 Å². The van der Waals surface area contributed by atoms with E-state index in [0.717, 1.165) is 10.7 Å². The highest BCUT2D eigenvalue weighted by Gasteiger charge is 2.22. The van der Waals surface area contributed by atoms with Gasteiger partial charge in [-0.2, -0.15) is 0 Å². The molecule has 1 atom stereocenters. The van der Waals surface area contributed by atoms with Crippen LogP contribution in [-0.4, -0.2) is 29.8 Å². The Morgan fingerprint density at radius 2 is 2.00 bits per heavy atom. The van der Waals surface area contributed by atoms with Gasteiger partial charge in [0, 0.05) is 17.1 Å². The summed E-state index contributed by atoms with van der Waals surface area (Å²) in [5, 5.41) is 5.54. The van der Waals surface area contributed by atoms with Crippen LogP contribution in [0.4, 0.5) is 5.69 Å². The molecule has 2 heterocycles. The van der Waals surface area contributed by atoms with Crippen molar-refractivity contribution in [1.29, 1.82) is 0 Å². The fraction of sp³-hybridized carbons (Fsp3) is 0.227. The molecule has 9 heteroatoms. The molecule has 0 saturated heterocycles. The minimum absolute atomic E-state index is 0.143. The fourth-order valence-electron chi connectivity index (χ4n) is 2.88. The number of anilines is 1. The number of rotatable bonds is 7. The number of hydrogen-bond donors (Lipinski definition) is 1. The van der Waals surface area contributed by atoms with Crippen molar-refractivity contribution in [3.8, 4) is 17.2 Å². The highest BCUT2D eigenvalue weighted by Crippen LogP contribution is 2.34. The van der Waals surface area contributed by atoms with E-state index in [-0.39, 0.29) is 19.0 Å². The minimum Gasteiger partial charge on any atom is -0.486 e. The van der Waals surface area contributed by atoms with Gasteiger partial charge >= 0.3 is 5.97 Å². The van der Waals surface area contributed by atoms with Gasteiger partial charge in [-0.1, -0.05) is 12.1 Å². The van der Waals surface area contributed by atoms with E-state index in [2.05, 4.69) is 10.3 Å². The number of aryl methyl sites for hydroxylation is 1. The Labute approximate surface area is 182 Å². The van der Waals surface area contributed by atoms with E-state index < -0.39 is 18.0 Å². The van der Waals surface area contributed by atoms with Crippen LogP contribution < -0.4 is 19.5 Å². The predicted octanol–water partition coefficient (Wildman–Crippen LogP) is 3.94. The van der Waals surface area contributed by atoms with Gasteiger partial charge in [-0.3, -0.25) is 4.79 Å². The molecule has 1 amide bonds. The van der Waals surface area contributed by atoms with E-state index in [1.807, 2.05) is 12.3 Å². The lowest BCUT2D eigenvalue weighted by Crippen LogP contribution is -2.30. The van der Waals surface area contributed by atoms with Crippen LogP contribution in [0.25, 0.3) is 0 Å². The second-order valence-electron chi connectivity index (χ2n) is 6.75. The Morgan fingerprint density at radius 1 is 1.19 bits per heavy atom. The van der Waals surface area contributed by atoms with Crippen molar-refractivity contribution in [2.45, 2.75) is 26.6 Å². The number of thiazole rings is 1. The zero-order chi connectivity index (χ0) is 21.8. The van der Waals surface area contributed by atoms with Crippen LogP contribution in [-0.2, 0) is 16.1 Å². The van der Waals surface area contributed by atoms with E-state index >= 15 is 0 Å². The van der Waals surface area contributed by atoms with Crippen LogP contribution in [0, 0.1) is 6.92 Å². The van der Waals surface area contributed by atoms with Gasteiger partial charge in [0.05, 0.1) is 10.7 Å². The molecule has 1 aromatic heterocycles. The average molecular weight is 440 g/mol. The monoisotopic (exact) mass is 440 g/mol. The smallest absolute Gasteiger partial charge is 0.342 e. The van der Waals surface area contributed by atoms with Gasteiger partial charge in [0.2, 0.25) is 6.79 Å². The van der Waals surface area contributed by atoms with Gasteiger partial charge in [-0.05, 0) is 38.1 Å². The van der Waals surface area contributed by atoms with Gasteiger partial charge < -0.3 is 24.3 Å². The Hall–Kier alpha value is -3.59. The van der Waals surface area contributed by atoms with Crippen LogP contribution in [0.15, 0.2) is 47.8 Å². The van der Waals surface area contributed by atoms with E-state index in [1.165, 1.54) is 18.3 Å². The van der Waals surface area contributed by atoms with Gasteiger partial charge in [-0.15, -0.1) is 11.3 Å². The summed E-state index contributed by atoms with van der Waals surface area (Å²) in [6, 6.07) is 11.8. The molecule has 1 aliphatic heterocycles. The first-order valence-electron chi connectivity index (χ1n) is 9.54. The number of hydrogen-bond acceptors (Lipinski definition) is 8. The highest BCUT2D eigenvalue weighted by molar-refractivity contribution is 7.09. The number of carbonyl (C=O) groups excluding carboxylic acids is 2. The topological polar surface area (TPSA) is 96.0 Å². The van der Waals surface area contributed by atoms with Crippen molar-refractivity contribution >= 4 is 28.9 Å². The first kappa shape index (κ1) is 20.7. The SMILES string of the molecule is Cc1nc(COc2ccccc2C(=O)OC(C)C(=O)Nc2ccc3c(c2)OCO3)cs1. The molecular weight excluding hydrogens is 420 g/mol. The van der Waals surface area contributed by atoms with Crippen molar-refractivity contribution in [3.05, 3.63) is 64.1 Å². The van der Waals surface area contributed by atoms with Crippen molar-refractivity contribution in [2.75, 3.05) is 12.1 Å². The quantitative estimate of drug-likeness (QED) is 0.556. The summed E-state index contributed by atoms with van der Waals surface area (Å²) in [7, 11) is 0. The standard InChI is InChI=1S/C22H20N2O6S/c1-13(21(25)24-15-7-8-19-20(9-15)29-12-28-19)30-22(26)17-5-3-4-6-18(17)27-10-16-11-31-14(2)23-16/h3-9,11,13H,10,12H2,1-2H3,(H,24,25). The number of fused-ring (bicyclic) bond motifs is 1. The molecule has 1 N–H and O–H groups in total. The summed E-state index contributed by atoms with van der Waals surface area (Å²) in [5.74, 6) is 0.397. The summed E-state index contributed by atoms with van der Waals surface area (Å²) < 4.78 is 21.7. The number of aromatic nitrogens is 1. The second-order valence-corrected chi connectivity index (χ2v) is 7.81. The molecule has 31 heavy (non-hydrogen) atoms. The summed E-state index contributed by atoms with van der Waals surface area (Å²) in [5.41, 5.74) is 1.53. The Kier molecular flexibility index (Phi) is 6.03. The first-order valence-corrected chi connectivity index (χ1v) is 10.4. The van der Waals surface area contributed by atoms with Gasteiger partial charge in [0.1, 0.15) is 17.9 Å². The van der Waals surface area contributed by atoms with Crippen LogP contribution in [0.1, 0.15) is 28.0 Å². The lowest BCUT2D eigenvalue weighted by Gasteiger charge is -2.15. The van der Waals surface area contributed by atoms with E-state index in [4.69, 9.17) is 18.9 Å². The molecule has 1 aliphatic rings. The number of amides is 1. The maximum Gasteiger partial charge on any atom is 0.342 e. The van der Waals surface area contributed by atoms with E-state index in [9.17, 15) is 9.59 Å². The summed E-state index contributed by atoms with van der Waals surface area (Å²) in [6.07, 6.45) is -1.02. The van der Waals surface area contributed by atoms with Gasteiger partial charge in [0.15, 0.2) is 17.6 Å². The van der Waals surface area contributed by atoms with E-state index in [0.29, 0.717) is 22.9 Å². The van der Waals surface area contributed by atoms with Crippen molar-refractivity contribution in [3.63, 3.8) is 0 Å². The van der Waals surface area contributed by atoms with Crippen molar-refractivity contribution in [1.82, 2.24) is 4.98 Å². The molecule has 8 nitrogen and oxygen atoms in total. The highest BCUT2D eigenvalue weighted by atomic mass is 32.1. The molecule has 160 valence electrons. The maximum absolute atomic E-state index is 12.7. The Bertz CT molecular complexity index is 1110. The predicted molar refractivity (Wildman–Crippen MR) is 114 cm³/mol. The molecule has 0 fully saturated rings. The number of carbonyl (C=O) groups is 2. The molecule has 2 aromatic carbocycles. The Balaban J connectivity index is 1.37. The number of esters is 1. The van der Waals surface area contributed by atoms with Crippen LogP contribution in [0.5, 0.6) is 17.2 Å². The normalized spacial score (nSPS) is 12.8. The fourth-order valence-corrected chi connectivity index (χ4v) is 3.48. The van der Waals surface area contributed by atoms with Gasteiger partial charge in [0.25, 0.3) is 5.91 Å². The third kappa shape index (κ3) is 4.95. The zero-order valence-corrected chi connectivity index (χ0v) is 17.7.